The van der Waals surface area contributed by atoms with Crippen LogP contribution in [0.4, 0.5) is 4.79 Å². The van der Waals surface area contributed by atoms with E-state index in [9.17, 15) is 13.2 Å². The summed E-state index contributed by atoms with van der Waals surface area (Å²) in [5, 5.41) is 8.33. The van der Waals surface area contributed by atoms with Crippen LogP contribution in [0.2, 0.25) is 0 Å². The Hall–Kier alpha value is -1.64. The fraction of sp³-hybridized carbons (Fsp3) is 0.562. The van der Waals surface area contributed by atoms with Crippen LogP contribution in [-0.2, 0) is 25.8 Å². The van der Waals surface area contributed by atoms with Crippen LogP contribution in [0, 0.1) is 5.92 Å². The molecule has 1 aromatic carbocycles. The molecule has 0 unspecified atom stereocenters. The Kier molecular flexibility index (Phi) is 6.59. The highest BCUT2D eigenvalue weighted by Gasteiger charge is 2.30. The Labute approximate surface area is 142 Å². The Balaban J connectivity index is 1.77. The van der Waals surface area contributed by atoms with Crippen molar-refractivity contribution in [3.63, 3.8) is 0 Å². The summed E-state index contributed by atoms with van der Waals surface area (Å²) in [6.07, 6.45) is 2.33. The Morgan fingerprint density at radius 1 is 1.21 bits per heavy atom. The summed E-state index contributed by atoms with van der Waals surface area (Å²) in [4.78, 5) is 13.7. The van der Waals surface area contributed by atoms with Crippen LogP contribution in [-0.4, -0.2) is 43.5 Å². The smallest absolute Gasteiger partial charge is 0.410 e. The van der Waals surface area contributed by atoms with Gasteiger partial charge < -0.3 is 9.64 Å². The Morgan fingerprint density at radius 3 is 2.42 bits per heavy atom. The average Bonchev–Trinajstić information content (AvgIpc) is 2.60. The molecular weight excluding hydrogens is 334 g/mol. The van der Waals surface area contributed by atoms with Gasteiger partial charge in [0.25, 0.3) is 10.1 Å². The number of ether oxygens (including phenoxy) is 1. The van der Waals surface area contributed by atoms with Gasteiger partial charge in [-0.05, 0) is 37.2 Å². The van der Waals surface area contributed by atoms with Crippen molar-refractivity contribution in [3.05, 3.63) is 35.9 Å². The van der Waals surface area contributed by atoms with Crippen molar-refractivity contribution < 1.29 is 27.5 Å². The van der Waals surface area contributed by atoms with Gasteiger partial charge in [0.15, 0.2) is 0 Å². The maximum absolute atomic E-state index is 12.1. The van der Waals surface area contributed by atoms with Gasteiger partial charge in [0.05, 0.1) is 5.75 Å². The van der Waals surface area contributed by atoms with Gasteiger partial charge in [-0.25, -0.2) is 10.1 Å². The molecule has 24 heavy (non-hydrogen) atoms. The molecule has 7 nitrogen and oxygen atoms in total. The first-order valence-corrected chi connectivity index (χ1v) is 9.48. The monoisotopic (exact) mass is 357 g/mol. The minimum Gasteiger partial charge on any atom is -0.445 e. The fourth-order valence-corrected chi connectivity index (χ4v) is 3.96. The molecule has 0 radical (unpaired) electrons. The maximum Gasteiger partial charge on any atom is 0.410 e. The fourth-order valence-electron chi connectivity index (χ4n) is 2.99. The number of benzene rings is 1. The van der Waals surface area contributed by atoms with Crippen molar-refractivity contribution in [3.8, 4) is 0 Å². The van der Waals surface area contributed by atoms with Crippen molar-refractivity contribution in [1.82, 2.24) is 4.90 Å². The highest BCUT2D eigenvalue weighted by Crippen LogP contribution is 2.28. The molecule has 0 aliphatic heterocycles. The molecule has 1 amide bonds. The molecule has 1 aromatic rings. The quantitative estimate of drug-likeness (QED) is 0.621. The molecule has 0 bridgehead atoms. The van der Waals surface area contributed by atoms with E-state index in [-0.39, 0.29) is 30.4 Å². The molecule has 0 spiro atoms. The minimum absolute atomic E-state index is 0.0299. The third kappa shape index (κ3) is 5.47. The highest BCUT2D eigenvalue weighted by molar-refractivity contribution is 7.86. The van der Waals surface area contributed by atoms with Crippen LogP contribution in [0.3, 0.4) is 0 Å². The largest absolute Gasteiger partial charge is 0.445 e. The second kappa shape index (κ2) is 8.46. The van der Waals surface area contributed by atoms with E-state index in [1.54, 1.807) is 11.9 Å². The third-order valence-corrected chi connectivity index (χ3v) is 5.52. The van der Waals surface area contributed by atoms with Crippen LogP contribution in [0.5, 0.6) is 0 Å². The van der Waals surface area contributed by atoms with Gasteiger partial charge in [0.1, 0.15) is 6.61 Å². The van der Waals surface area contributed by atoms with Crippen molar-refractivity contribution in [2.24, 2.45) is 5.92 Å². The summed E-state index contributed by atoms with van der Waals surface area (Å²) < 4.78 is 31.3. The van der Waals surface area contributed by atoms with E-state index in [1.165, 1.54) is 0 Å². The first kappa shape index (κ1) is 18.7. The van der Waals surface area contributed by atoms with Crippen LogP contribution < -0.4 is 0 Å². The molecule has 2 rings (SSSR count). The van der Waals surface area contributed by atoms with E-state index < -0.39 is 10.1 Å². The summed E-state index contributed by atoms with van der Waals surface area (Å²) in [6, 6.07) is 9.49. The summed E-state index contributed by atoms with van der Waals surface area (Å²) in [6.45, 7) is 0.228. The first-order valence-electron chi connectivity index (χ1n) is 7.90. The lowest BCUT2D eigenvalue weighted by atomic mass is 9.87. The zero-order valence-corrected chi connectivity index (χ0v) is 14.4. The van der Waals surface area contributed by atoms with Gasteiger partial charge in [-0.15, -0.1) is 4.33 Å². The predicted molar refractivity (Wildman–Crippen MR) is 87.6 cm³/mol. The maximum atomic E-state index is 12.1. The lowest BCUT2D eigenvalue weighted by Crippen LogP contribution is -2.40. The molecule has 1 aliphatic rings. The standard InChI is InChI=1S/C16H23NO6S/c1-17(16(18)22-11-13-5-3-2-4-6-13)15-9-7-14(8-10-15)12-24(20,21)23-19/h2-6,14-15,19H,7-12H2,1H3. The summed E-state index contributed by atoms with van der Waals surface area (Å²) in [7, 11) is -2.16. The van der Waals surface area contributed by atoms with Crippen LogP contribution in [0.25, 0.3) is 0 Å². The van der Waals surface area contributed by atoms with Gasteiger partial charge in [0.2, 0.25) is 0 Å². The van der Waals surface area contributed by atoms with E-state index in [2.05, 4.69) is 4.33 Å². The Bertz CT molecular complexity index is 625. The molecule has 0 atom stereocenters. The first-order chi connectivity index (χ1) is 11.4. The number of amides is 1. The van der Waals surface area contributed by atoms with Crippen molar-refractivity contribution >= 4 is 16.2 Å². The zero-order chi connectivity index (χ0) is 17.6. The molecular formula is C16H23NO6S. The second-order valence-electron chi connectivity index (χ2n) is 6.12. The van der Waals surface area contributed by atoms with Crippen LogP contribution in [0.15, 0.2) is 30.3 Å². The number of carbonyl (C=O) groups excluding carboxylic acids is 1. The van der Waals surface area contributed by atoms with Crippen LogP contribution >= 0.6 is 0 Å². The molecule has 134 valence electrons. The molecule has 1 aliphatic carbocycles. The SMILES string of the molecule is CN(C(=O)OCc1ccccc1)C1CCC(CS(=O)(=O)OO)CC1. The van der Waals surface area contributed by atoms with Crippen LogP contribution in [0.1, 0.15) is 31.2 Å². The van der Waals surface area contributed by atoms with E-state index in [1.807, 2.05) is 30.3 Å². The molecule has 1 N–H and O–H groups in total. The zero-order valence-electron chi connectivity index (χ0n) is 13.6. The van der Waals surface area contributed by atoms with Gasteiger partial charge in [0, 0.05) is 13.1 Å². The summed E-state index contributed by atoms with van der Waals surface area (Å²) >= 11 is 0. The predicted octanol–water partition coefficient (Wildman–Crippen LogP) is 2.63. The van der Waals surface area contributed by atoms with E-state index in [4.69, 9.17) is 9.99 Å². The van der Waals surface area contributed by atoms with E-state index >= 15 is 0 Å². The number of hydrogen-bond acceptors (Lipinski definition) is 6. The molecule has 8 heteroatoms. The Morgan fingerprint density at radius 2 is 1.83 bits per heavy atom. The third-order valence-electron chi connectivity index (χ3n) is 4.41. The minimum atomic E-state index is -3.86. The average molecular weight is 357 g/mol. The highest BCUT2D eigenvalue weighted by atomic mass is 32.2. The number of nitrogens with zero attached hydrogens (tertiary/aromatic N) is 1. The molecule has 1 saturated carbocycles. The molecule has 1 fully saturated rings. The second-order valence-corrected chi connectivity index (χ2v) is 7.72. The number of carbonyl (C=O) groups is 1. The van der Waals surface area contributed by atoms with Crippen molar-refractivity contribution in [1.29, 1.82) is 0 Å². The summed E-state index contributed by atoms with van der Waals surface area (Å²) in [5.74, 6) is -0.259. The lowest BCUT2D eigenvalue weighted by molar-refractivity contribution is -0.131. The number of rotatable bonds is 6. The molecule has 0 saturated heterocycles. The lowest BCUT2D eigenvalue weighted by Gasteiger charge is -2.33. The van der Waals surface area contributed by atoms with Crippen molar-refractivity contribution in [2.45, 2.75) is 38.3 Å². The van der Waals surface area contributed by atoms with Gasteiger partial charge >= 0.3 is 6.09 Å². The normalized spacial score (nSPS) is 21.2. The van der Waals surface area contributed by atoms with Gasteiger partial charge in [-0.3, -0.25) is 0 Å². The van der Waals surface area contributed by atoms with Gasteiger partial charge in [-0.1, -0.05) is 30.3 Å². The number of hydrogen-bond donors (Lipinski definition) is 1. The van der Waals surface area contributed by atoms with E-state index in [0.29, 0.717) is 25.7 Å². The topological polar surface area (TPSA) is 93.1 Å². The van der Waals surface area contributed by atoms with Crippen molar-refractivity contribution in [2.75, 3.05) is 12.8 Å². The van der Waals surface area contributed by atoms with E-state index in [0.717, 1.165) is 5.56 Å². The van der Waals surface area contributed by atoms with Gasteiger partial charge in [-0.2, -0.15) is 8.42 Å². The molecule has 0 aromatic heterocycles. The molecule has 0 heterocycles. The summed E-state index contributed by atoms with van der Waals surface area (Å²) in [5.41, 5.74) is 0.928.